The molecule has 1 aromatic heterocycles. The number of nitrogens with zero attached hydrogens (tertiary/aromatic N) is 1. The van der Waals surface area contributed by atoms with Crippen molar-refractivity contribution in [1.29, 1.82) is 5.26 Å². The van der Waals surface area contributed by atoms with Crippen LogP contribution in [0.5, 0.6) is 0 Å². The molecule has 10 aromatic carbocycles. The van der Waals surface area contributed by atoms with Crippen LogP contribution in [0.15, 0.2) is 188 Å². The van der Waals surface area contributed by atoms with Gasteiger partial charge in [0.2, 0.25) is 0 Å². The van der Waals surface area contributed by atoms with E-state index in [0.717, 1.165) is 21.9 Å². The van der Waals surface area contributed by atoms with Crippen molar-refractivity contribution in [2.24, 2.45) is 0 Å². The molecule has 0 aliphatic rings. The summed E-state index contributed by atoms with van der Waals surface area (Å²) in [6.07, 6.45) is 0. The van der Waals surface area contributed by atoms with Gasteiger partial charge in [-0.05, 0) is 100 Å². The lowest BCUT2D eigenvalue weighted by Crippen LogP contribution is -1.93. The Balaban J connectivity index is 1.29. The lowest BCUT2D eigenvalue weighted by atomic mass is 9.83. The number of thiophene rings is 1. The van der Waals surface area contributed by atoms with Gasteiger partial charge < -0.3 is 0 Å². The third-order valence-corrected chi connectivity index (χ3v) is 12.4. The van der Waals surface area contributed by atoms with Crippen LogP contribution in [-0.2, 0) is 0 Å². The first-order valence-corrected chi connectivity index (χ1v) is 19.5. The highest BCUT2D eigenvalue weighted by Crippen LogP contribution is 2.52. The standard InChI is InChI=1S/C53H31NS/c54-32-34-18-4-5-19-35(34)49-40-24-10-12-26-42(40)51(43-27-13-11-25-41(43)49)45-29-15-31-47-53(45)52-44(28-14-30-46(52)55-47)50-38-22-8-6-20-36(38)48(33-16-2-1-3-17-33)37-21-7-9-23-39(37)50/h1-31H. The van der Waals surface area contributed by atoms with E-state index in [0.29, 0.717) is 5.56 Å². The Hall–Kier alpha value is -7.05. The molecule has 0 saturated carbocycles. The van der Waals surface area contributed by atoms with Crippen LogP contribution < -0.4 is 0 Å². The summed E-state index contributed by atoms with van der Waals surface area (Å²) in [7, 11) is 0. The molecule has 0 radical (unpaired) electrons. The Morgan fingerprint density at radius 2 is 0.655 bits per heavy atom. The number of rotatable bonds is 4. The first-order valence-electron chi connectivity index (χ1n) is 18.7. The molecule has 1 heterocycles. The van der Waals surface area contributed by atoms with Crippen LogP contribution in [0, 0.1) is 11.3 Å². The van der Waals surface area contributed by atoms with Gasteiger partial charge >= 0.3 is 0 Å². The molecule has 0 aliphatic carbocycles. The van der Waals surface area contributed by atoms with Crippen LogP contribution in [0.1, 0.15) is 5.56 Å². The highest BCUT2D eigenvalue weighted by molar-refractivity contribution is 7.26. The van der Waals surface area contributed by atoms with Crippen molar-refractivity contribution in [3.8, 4) is 50.6 Å². The van der Waals surface area contributed by atoms with E-state index in [-0.39, 0.29) is 0 Å². The Morgan fingerprint density at radius 1 is 0.309 bits per heavy atom. The monoisotopic (exact) mass is 713 g/mol. The fourth-order valence-electron chi connectivity index (χ4n) is 9.13. The zero-order valence-electron chi connectivity index (χ0n) is 29.8. The minimum atomic E-state index is 0.680. The third-order valence-electron chi connectivity index (χ3n) is 11.3. The van der Waals surface area contributed by atoms with Crippen LogP contribution in [0.2, 0.25) is 0 Å². The smallest absolute Gasteiger partial charge is 0.0998 e. The van der Waals surface area contributed by atoms with Crippen molar-refractivity contribution in [2.45, 2.75) is 0 Å². The summed E-state index contributed by atoms with van der Waals surface area (Å²) in [5.41, 5.74) is 10.2. The van der Waals surface area contributed by atoms with Gasteiger partial charge in [-0.25, -0.2) is 0 Å². The van der Waals surface area contributed by atoms with Gasteiger partial charge in [0.25, 0.3) is 0 Å². The zero-order chi connectivity index (χ0) is 36.5. The highest BCUT2D eigenvalue weighted by atomic mass is 32.1. The fourth-order valence-corrected chi connectivity index (χ4v) is 10.3. The maximum Gasteiger partial charge on any atom is 0.0998 e. The Bertz CT molecular complexity index is 3270. The van der Waals surface area contributed by atoms with E-state index in [1.165, 1.54) is 85.9 Å². The van der Waals surface area contributed by atoms with Gasteiger partial charge in [0.1, 0.15) is 0 Å². The quantitative estimate of drug-likeness (QED) is 0.167. The molecule has 0 amide bonds. The normalized spacial score (nSPS) is 11.6. The summed E-state index contributed by atoms with van der Waals surface area (Å²) in [5.74, 6) is 0. The molecule has 0 atom stereocenters. The largest absolute Gasteiger partial charge is 0.192 e. The predicted molar refractivity (Wildman–Crippen MR) is 236 cm³/mol. The van der Waals surface area contributed by atoms with E-state index in [1.807, 2.05) is 29.5 Å². The van der Waals surface area contributed by atoms with E-state index in [9.17, 15) is 5.26 Å². The second kappa shape index (κ2) is 12.5. The lowest BCUT2D eigenvalue weighted by molar-refractivity contribution is 1.48. The van der Waals surface area contributed by atoms with Gasteiger partial charge in [-0.1, -0.05) is 170 Å². The van der Waals surface area contributed by atoms with Crippen molar-refractivity contribution < 1.29 is 0 Å². The fraction of sp³-hybridized carbons (Fsp3) is 0. The Kier molecular flexibility index (Phi) is 7.17. The van der Waals surface area contributed by atoms with Crippen molar-refractivity contribution in [3.05, 3.63) is 194 Å². The van der Waals surface area contributed by atoms with Gasteiger partial charge in [0, 0.05) is 25.7 Å². The van der Waals surface area contributed by atoms with Gasteiger partial charge in [0.15, 0.2) is 0 Å². The molecule has 2 heteroatoms. The Morgan fingerprint density at radius 3 is 1.09 bits per heavy atom. The van der Waals surface area contributed by atoms with Crippen molar-refractivity contribution >= 4 is 74.6 Å². The molecule has 0 bridgehead atoms. The van der Waals surface area contributed by atoms with Gasteiger partial charge in [0.05, 0.1) is 11.6 Å². The van der Waals surface area contributed by atoms with Crippen molar-refractivity contribution in [1.82, 2.24) is 0 Å². The minimum Gasteiger partial charge on any atom is -0.192 e. The van der Waals surface area contributed by atoms with E-state index in [2.05, 4.69) is 176 Å². The predicted octanol–water partition coefficient (Wildman–Crippen LogP) is 15.2. The summed E-state index contributed by atoms with van der Waals surface area (Å²) < 4.78 is 2.54. The molecule has 0 fully saturated rings. The second-order valence-corrected chi connectivity index (χ2v) is 15.2. The second-order valence-electron chi connectivity index (χ2n) is 14.2. The first kappa shape index (κ1) is 31.5. The van der Waals surface area contributed by atoms with Gasteiger partial charge in [-0.3, -0.25) is 0 Å². The molecular weight excluding hydrogens is 683 g/mol. The summed E-state index contributed by atoms with van der Waals surface area (Å²) in [6, 6.07) is 70.3. The molecule has 1 nitrogen and oxygen atoms in total. The molecule has 11 aromatic rings. The molecule has 0 saturated heterocycles. The number of benzene rings is 10. The van der Waals surface area contributed by atoms with Gasteiger partial charge in [-0.2, -0.15) is 5.26 Å². The third kappa shape index (κ3) is 4.71. The van der Waals surface area contributed by atoms with E-state index in [1.54, 1.807) is 0 Å². The van der Waals surface area contributed by atoms with Crippen LogP contribution in [0.4, 0.5) is 0 Å². The highest BCUT2D eigenvalue weighted by Gasteiger charge is 2.23. The molecule has 0 aliphatic heterocycles. The lowest BCUT2D eigenvalue weighted by Gasteiger charge is -2.20. The molecule has 0 N–H and O–H groups in total. The average molecular weight is 714 g/mol. The van der Waals surface area contributed by atoms with E-state index in [4.69, 9.17) is 0 Å². The maximum atomic E-state index is 10.2. The summed E-state index contributed by atoms with van der Waals surface area (Å²) in [5, 5.41) is 22.4. The van der Waals surface area contributed by atoms with Crippen LogP contribution in [-0.4, -0.2) is 0 Å². The van der Waals surface area contributed by atoms with E-state index < -0.39 is 0 Å². The Labute approximate surface area is 322 Å². The number of hydrogen-bond donors (Lipinski definition) is 0. The number of fused-ring (bicyclic) bond motifs is 7. The summed E-state index contributed by atoms with van der Waals surface area (Å²) >= 11 is 1.87. The summed E-state index contributed by atoms with van der Waals surface area (Å²) in [6.45, 7) is 0. The van der Waals surface area contributed by atoms with E-state index >= 15 is 0 Å². The first-order chi connectivity index (χ1) is 27.3. The minimum absolute atomic E-state index is 0.680. The molecule has 55 heavy (non-hydrogen) atoms. The molecule has 0 unspecified atom stereocenters. The maximum absolute atomic E-state index is 10.2. The van der Waals surface area contributed by atoms with Crippen LogP contribution in [0.3, 0.4) is 0 Å². The van der Waals surface area contributed by atoms with Crippen LogP contribution in [0.25, 0.3) is 108 Å². The molecular formula is C53H31NS. The average Bonchev–Trinajstić information content (AvgIpc) is 3.65. The topological polar surface area (TPSA) is 23.8 Å². The number of hydrogen-bond acceptors (Lipinski definition) is 2. The molecule has 254 valence electrons. The van der Waals surface area contributed by atoms with Gasteiger partial charge in [-0.15, -0.1) is 11.3 Å². The SMILES string of the molecule is N#Cc1ccccc1-c1c2ccccc2c(-c2cccc3sc4cccc(-c5c6ccccc6c(-c6ccccc6)c6ccccc56)c4c23)c2ccccc12. The van der Waals surface area contributed by atoms with Crippen molar-refractivity contribution in [2.75, 3.05) is 0 Å². The zero-order valence-corrected chi connectivity index (χ0v) is 30.6. The number of nitriles is 1. The van der Waals surface area contributed by atoms with Crippen LogP contribution >= 0.6 is 11.3 Å². The molecule has 11 rings (SSSR count). The van der Waals surface area contributed by atoms with Crippen molar-refractivity contribution in [3.63, 3.8) is 0 Å². The molecule has 0 spiro atoms. The summed E-state index contributed by atoms with van der Waals surface area (Å²) in [4.78, 5) is 0.